The lowest BCUT2D eigenvalue weighted by atomic mass is 9.76. The van der Waals surface area contributed by atoms with E-state index in [1.165, 1.54) is 80.7 Å². The van der Waals surface area contributed by atoms with Crippen LogP contribution in [0.1, 0.15) is 114 Å². The van der Waals surface area contributed by atoms with Crippen LogP contribution >= 0.6 is 0 Å². The first-order chi connectivity index (χ1) is 17.0. The van der Waals surface area contributed by atoms with E-state index in [0.717, 1.165) is 37.5 Å². The standard InChI is InChI=1S/C32H44O3/c1-4-5-6-7-24-8-10-25(11-9-24)26-12-14-27(15-13-26)28-16-18-29(19-17-28)30-20-22-32(2,23-21-30)35-31(33)34-3/h12-19,24-25,30H,4-11,20-23H2,1-3H3/t24-,25-,30?,32?. The predicted octanol–water partition coefficient (Wildman–Crippen LogP) is 9.41. The molecule has 0 saturated heterocycles. The Hall–Kier alpha value is -2.29. The van der Waals surface area contributed by atoms with E-state index in [0.29, 0.717) is 5.92 Å². The molecule has 0 bridgehead atoms. The van der Waals surface area contributed by atoms with E-state index < -0.39 is 11.8 Å². The molecule has 3 heteroatoms. The van der Waals surface area contributed by atoms with Gasteiger partial charge >= 0.3 is 6.16 Å². The van der Waals surface area contributed by atoms with Crippen LogP contribution in [0.2, 0.25) is 0 Å². The van der Waals surface area contributed by atoms with E-state index in [1.54, 1.807) is 0 Å². The fourth-order valence-corrected chi connectivity index (χ4v) is 6.27. The number of benzene rings is 2. The molecule has 0 aliphatic heterocycles. The third-order valence-corrected chi connectivity index (χ3v) is 8.70. The Morgan fingerprint density at radius 3 is 1.80 bits per heavy atom. The van der Waals surface area contributed by atoms with E-state index in [9.17, 15) is 4.79 Å². The quantitative estimate of drug-likeness (QED) is 0.281. The Labute approximate surface area is 212 Å². The van der Waals surface area contributed by atoms with Crippen LogP contribution in [0.25, 0.3) is 11.1 Å². The van der Waals surface area contributed by atoms with Gasteiger partial charge in [0.2, 0.25) is 0 Å². The molecule has 2 fully saturated rings. The van der Waals surface area contributed by atoms with Crippen molar-refractivity contribution in [2.45, 2.75) is 108 Å². The second-order valence-electron chi connectivity index (χ2n) is 11.2. The summed E-state index contributed by atoms with van der Waals surface area (Å²) in [6.45, 7) is 4.32. The molecular weight excluding hydrogens is 432 g/mol. The summed E-state index contributed by atoms with van der Waals surface area (Å²) in [4.78, 5) is 11.5. The number of methoxy groups -OCH3 is 1. The summed E-state index contributed by atoms with van der Waals surface area (Å²) < 4.78 is 10.2. The smallest absolute Gasteiger partial charge is 0.438 e. The highest BCUT2D eigenvalue weighted by Crippen LogP contribution is 2.41. The van der Waals surface area contributed by atoms with Crippen molar-refractivity contribution in [2.75, 3.05) is 7.11 Å². The zero-order valence-corrected chi connectivity index (χ0v) is 22.1. The van der Waals surface area contributed by atoms with Crippen molar-refractivity contribution in [3.8, 4) is 11.1 Å². The molecule has 3 nitrogen and oxygen atoms in total. The Balaban J connectivity index is 1.29. The molecule has 0 N–H and O–H groups in total. The summed E-state index contributed by atoms with van der Waals surface area (Å²) in [6.07, 6.45) is 14.4. The van der Waals surface area contributed by atoms with Gasteiger partial charge in [-0.1, -0.05) is 81.1 Å². The number of rotatable bonds is 8. The fourth-order valence-electron chi connectivity index (χ4n) is 6.27. The first-order valence-corrected chi connectivity index (χ1v) is 14.0. The third-order valence-electron chi connectivity index (χ3n) is 8.70. The zero-order chi connectivity index (χ0) is 24.7. The minimum Gasteiger partial charge on any atom is -0.438 e. The van der Waals surface area contributed by atoms with Crippen LogP contribution in [-0.2, 0) is 9.47 Å². The van der Waals surface area contributed by atoms with Gasteiger partial charge in [-0.2, -0.15) is 0 Å². The van der Waals surface area contributed by atoms with Gasteiger partial charge in [0, 0.05) is 0 Å². The van der Waals surface area contributed by atoms with E-state index >= 15 is 0 Å². The lowest BCUT2D eigenvalue weighted by Crippen LogP contribution is -2.35. The maximum absolute atomic E-state index is 11.5. The van der Waals surface area contributed by atoms with Crippen LogP contribution in [0.15, 0.2) is 48.5 Å². The number of unbranched alkanes of at least 4 members (excludes halogenated alkanes) is 2. The Kier molecular flexibility index (Phi) is 8.92. The average Bonchev–Trinajstić information content (AvgIpc) is 2.90. The molecule has 0 spiro atoms. The molecule has 0 atom stereocenters. The highest BCUT2D eigenvalue weighted by atomic mass is 16.7. The van der Waals surface area contributed by atoms with Crippen molar-refractivity contribution in [3.05, 3.63) is 59.7 Å². The van der Waals surface area contributed by atoms with Gasteiger partial charge in [-0.25, -0.2) is 4.79 Å². The maximum Gasteiger partial charge on any atom is 0.508 e. The van der Waals surface area contributed by atoms with Gasteiger partial charge in [0.15, 0.2) is 0 Å². The summed E-state index contributed by atoms with van der Waals surface area (Å²) >= 11 is 0. The molecule has 2 saturated carbocycles. The molecule has 4 rings (SSSR count). The molecule has 0 heterocycles. The highest BCUT2D eigenvalue weighted by molar-refractivity contribution is 5.64. The highest BCUT2D eigenvalue weighted by Gasteiger charge is 2.35. The van der Waals surface area contributed by atoms with Gasteiger partial charge in [-0.05, 0) is 98.3 Å². The van der Waals surface area contributed by atoms with Crippen molar-refractivity contribution in [1.82, 2.24) is 0 Å². The van der Waals surface area contributed by atoms with Crippen molar-refractivity contribution >= 4 is 6.16 Å². The van der Waals surface area contributed by atoms with Crippen molar-refractivity contribution in [2.24, 2.45) is 5.92 Å². The molecule has 2 aromatic carbocycles. The molecule has 190 valence electrons. The SMILES string of the molecule is CCCCC[C@H]1CC[C@H](c2ccc(-c3ccc(C4CCC(C)(OC(=O)OC)CC4)cc3)cc2)CC1. The molecular formula is C32H44O3. The van der Waals surface area contributed by atoms with Gasteiger partial charge in [-0.15, -0.1) is 0 Å². The van der Waals surface area contributed by atoms with Gasteiger partial charge < -0.3 is 9.47 Å². The van der Waals surface area contributed by atoms with Gasteiger partial charge in [0.05, 0.1) is 7.11 Å². The summed E-state index contributed by atoms with van der Waals surface area (Å²) in [5, 5.41) is 0. The summed E-state index contributed by atoms with van der Waals surface area (Å²) in [7, 11) is 1.37. The summed E-state index contributed by atoms with van der Waals surface area (Å²) in [6, 6.07) is 18.5. The lowest BCUT2D eigenvalue weighted by molar-refractivity contribution is -0.0396. The molecule has 2 aliphatic carbocycles. The monoisotopic (exact) mass is 476 g/mol. The van der Waals surface area contributed by atoms with Crippen LogP contribution < -0.4 is 0 Å². The van der Waals surface area contributed by atoms with Gasteiger partial charge in [-0.3, -0.25) is 0 Å². The minimum absolute atomic E-state index is 0.403. The number of carbonyl (C=O) groups excluding carboxylic acids is 1. The second kappa shape index (κ2) is 12.1. The van der Waals surface area contributed by atoms with Crippen molar-refractivity contribution in [1.29, 1.82) is 0 Å². The van der Waals surface area contributed by atoms with Gasteiger partial charge in [0.1, 0.15) is 5.60 Å². The van der Waals surface area contributed by atoms with E-state index in [-0.39, 0.29) is 0 Å². The average molecular weight is 477 g/mol. The normalized spacial score (nSPS) is 26.8. The molecule has 35 heavy (non-hydrogen) atoms. The predicted molar refractivity (Wildman–Crippen MR) is 144 cm³/mol. The summed E-state index contributed by atoms with van der Waals surface area (Å²) in [5.74, 6) is 2.24. The Bertz CT molecular complexity index is 914. The molecule has 0 amide bonds. The summed E-state index contributed by atoms with van der Waals surface area (Å²) in [5.41, 5.74) is 5.10. The number of hydrogen-bond acceptors (Lipinski definition) is 3. The third kappa shape index (κ3) is 6.90. The van der Waals surface area contributed by atoms with Crippen LogP contribution in [0.3, 0.4) is 0 Å². The van der Waals surface area contributed by atoms with E-state index in [2.05, 4.69) is 60.2 Å². The van der Waals surface area contributed by atoms with Crippen LogP contribution in [0.4, 0.5) is 4.79 Å². The van der Waals surface area contributed by atoms with Crippen molar-refractivity contribution < 1.29 is 14.3 Å². The van der Waals surface area contributed by atoms with E-state index in [1.807, 2.05) is 6.92 Å². The minimum atomic E-state index is -0.573. The van der Waals surface area contributed by atoms with Crippen LogP contribution in [0.5, 0.6) is 0 Å². The largest absolute Gasteiger partial charge is 0.508 e. The first-order valence-electron chi connectivity index (χ1n) is 14.0. The Morgan fingerprint density at radius 1 is 0.800 bits per heavy atom. The molecule has 2 aliphatic rings. The number of hydrogen-bond donors (Lipinski definition) is 0. The lowest BCUT2D eigenvalue weighted by Gasteiger charge is -2.36. The van der Waals surface area contributed by atoms with Gasteiger partial charge in [0.25, 0.3) is 0 Å². The van der Waals surface area contributed by atoms with Crippen LogP contribution in [0, 0.1) is 5.92 Å². The number of ether oxygens (including phenoxy) is 2. The molecule has 2 aromatic rings. The van der Waals surface area contributed by atoms with Crippen LogP contribution in [-0.4, -0.2) is 18.9 Å². The topological polar surface area (TPSA) is 35.5 Å². The second-order valence-corrected chi connectivity index (χ2v) is 11.2. The van der Waals surface area contributed by atoms with E-state index in [4.69, 9.17) is 4.74 Å². The number of carbonyl (C=O) groups is 1. The molecule has 0 aromatic heterocycles. The zero-order valence-electron chi connectivity index (χ0n) is 22.1. The van der Waals surface area contributed by atoms with Crippen molar-refractivity contribution in [3.63, 3.8) is 0 Å². The maximum atomic E-state index is 11.5. The fraction of sp³-hybridized carbons (Fsp3) is 0.594. The molecule has 0 radical (unpaired) electrons. The first kappa shape index (κ1) is 25.8. The Morgan fingerprint density at radius 2 is 1.31 bits per heavy atom. The molecule has 0 unspecified atom stereocenters.